The third kappa shape index (κ3) is 4.72. The van der Waals surface area contributed by atoms with Crippen LogP contribution in [0.2, 0.25) is 4.34 Å². The molecule has 0 aliphatic carbocycles. The van der Waals surface area contributed by atoms with E-state index in [0.29, 0.717) is 10.9 Å². The molecular weight excluding hydrogens is 288 g/mol. The van der Waals surface area contributed by atoms with Crippen LogP contribution in [0.4, 0.5) is 4.79 Å². The standard InChI is InChI=1S/C12H17ClN2O3S/c1-8(11(16)17)6-14(2)12(18)15(3)7-9-4-5-10(13)19-9/h4-5,8H,6-7H2,1-3H3,(H,16,17). The zero-order valence-electron chi connectivity index (χ0n) is 11.1. The number of hydrogen-bond donors (Lipinski definition) is 1. The first-order chi connectivity index (χ1) is 8.81. The monoisotopic (exact) mass is 304 g/mol. The fourth-order valence-electron chi connectivity index (χ4n) is 1.60. The van der Waals surface area contributed by atoms with Crippen molar-refractivity contribution in [3.8, 4) is 0 Å². The number of urea groups is 1. The summed E-state index contributed by atoms with van der Waals surface area (Å²) in [5, 5.41) is 8.82. The number of carbonyl (C=O) groups is 2. The quantitative estimate of drug-likeness (QED) is 0.909. The molecule has 0 spiro atoms. The minimum atomic E-state index is -0.910. The van der Waals surface area contributed by atoms with Gasteiger partial charge in [-0.1, -0.05) is 18.5 Å². The molecule has 1 unspecified atom stereocenters. The van der Waals surface area contributed by atoms with E-state index < -0.39 is 11.9 Å². The van der Waals surface area contributed by atoms with Gasteiger partial charge in [-0.15, -0.1) is 11.3 Å². The maximum atomic E-state index is 12.0. The zero-order chi connectivity index (χ0) is 14.6. The number of hydrogen-bond acceptors (Lipinski definition) is 3. The Labute approximate surface area is 121 Å². The molecule has 106 valence electrons. The van der Waals surface area contributed by atoms with E-state index in [1.807, 2.05) is 6.07 Å². The van der Waals surface area contributed by atoms with E-state index >= 15 is 0 Å². The van der Waals surface area contributed by atoms with Gasteiger partial charge in [-0.3, -0.25) is 4.79 Å². The van der Waals surface area contributed by atoms with E-state index in [9.17, 15) is 9.59 Å². The number of halogens is 1. The Balaban J connectivity index is 2.54. The molecule has 0 fully saturated rings. The SMILES string of the molecule is CC(CN(C)C(=O)N(C)Cc1ccc(Cl)s1)C(=O)O. The highest BCUT2D eigenvalue weighted by molar-refractivity contribution is 7.16. The van der Waals surface area contributed by atoms with Crippen molar-refractivity contribution in [2.24, 2.45) is 5.92 Å². The number of thiophene rings is 1. The summed E-state index contributed by atoms with van der Waals surface area (Å²) in [5.74, 6) is -1.49. The molecule has 1 rings (SSSR count). The maximum absolute atomic E-state index is 12.0. The minimum Gasteiger partial charge on any atom is -0.481 e. The molecule has 0 radical (unpaired) electrons. The van der Waals surface area contributed by atoms with Gasteiger partial charge in [0.25, 0.3) is 0 Å². The molecule has 0 aromatic carbocycles. The summed E-state index contributed by atoms with van der Waals surface area (Å²) in [6.07, 6.45) is 0. The van der Waals surface area contributed by atoms with E-state index in [1.165, 1.54) is 21.1 Å². The molecular formula is C12H17ClN2O3S. The Kier molecular flexibility index (Phi) is 5.62. The van der Waals surface area contributed by atoms with Crippen LogP contribution in [0.5, 0.6) is 0 Å². The highest BCUT2D eigenvalue weighted by Crippen LogP contribution is 2.22. The first-order valence-electron chi connectivity index (χ1n) is 5.74. The second-order valence-electron chi connectivity index (χ2n) is 4.46. The lowest BCUT2D eigenvalue weighted by atomic mass is 10.2. The molecule has 1 atom stereocenters. The maximum Gasteiger partial charge on any atom is 0.319 e. The third-order valence-corrected chi connectivity index (χ3v) is 3.86. The lowest BCUT2D eigenvalue weighted by molar-refractivity contribution is -0.141. The predicted octanol–water partition coefficient (Wildman–Crippen LogP) is 2.61. The molecule has 0 aliphatic rings. The van der Waals surface area contributed by atoms with E-state index in [-0.39, 0.29) is 12.6 Å². The van der Waals surface area contributed by atoms with Crippen molar-refractivity contribution >= 4 is 34.9 Å². The number of carboxylic acids is 1. The number of rotatable bonds is 5. The van der Waals surface area contributed by atoms with Crippen LogP contribution in [0.1, 0.15) is 11.8 Å². The van der Waals surface area contributed by atoms with Crippen molar-refractivity contribution in [2.45, 2.75) is 13.5 Å². The van der Waals surface area contributed by atoms with Crippen LogP contribution in [-0.4, -0.2) is 47.5 Å². The largest absolute Gasteiger partial charge is 0.481 e. The average Bonchev–Trinajstić information content (AvgIpc) is 2.73. The Hall–Kier alpha value is -1.27. The Bertz CT molecular complexity index is 464. The van der Waals surface area contributed by atoms with Crippen LogP contribution < -0.4 is 0 Å². The highest BCUT2D eigenvalue weighted by atomic mass is 35.5. The second-order valence-corrected chi connectivity index (χ2v) is 6.26. The molecule has 0 saturated carbocycles. The van der Waals surface area contributed by atoms with Gasteiger partial charge in [-0.05, 0) is 12.1 Å². The van der Waals surface area contributed by atoms with Crippen LogP contribution in [0.25, 0.3) is 0 Å². The van der Waals surface area contributed by atoms with Crippen molar-refractivity contribution < 1.29 is 14.7 Å². The topological polar surface area (TPSA) is 60.9 Å². The minimum absolute atomic E-state index is 0.184. The summed E-state index contributed by atoms with van der Waals surface area (Å²) < 4.78 is 0.684. The molecule has 1 aromatic rings. The first kappa shape index (κ1) is 15.8. The fourth-order valence-corrected chi connectivity index (χ4v) is 2.74. The van der Waals surface area contributed by atoms with Gasteiger partial charge < -0.3 is 14.9 Å². The molecule has 2 amide bonds. The summed E-state index contributed by atoms with van der Waals surface area (Å²) in [7, 11) is 3.28. The van der Waals surface area contributed by atoms with Gasteiger partial charge in [-0.25, -0.2) is 4.79 Å². The fraction of sp³-hybridized carbons (Fsp3) is 0.500. The van der Waals surface area contributed by atoms with E-state index in [4.69, 9.17) is 16.7 Å². The molecule has 0 aliphatic heterocycles. The second kappa shape index (κ2) is 6.77. The molecule has 5 nitrogen and oxygen atoms in total. The molecule has 0 bridgehead atoms. The summed E-state index contributed by atoms with van der Waals surface area (Å²) in [5.41, 5.74) is 0. The van der Waals surface area contributed by atoms with Crippen LogP contribution in [0.3, 0.4) is 0 Å². The summed E-state index contributed by atoms with van der Waals surface area (Å²) in [6.45, 7) is 2.22. The van der Waals surface area contributed by atoms with E-state index in [0.717, 1.165) is 4.88 Å². The van der Waals surface area contributed by atoms with E-state index in [2.05, 4.69) is 0 Å². The Morgan fingerprint density at radius 3 is 2.47 bits per heavy atom. The van der Waals surface area contributed by atoms with Crippen LogP contribution in [-0.2, 0) is 11.3 Å². The molecule has 7 heteroatoms. The molecule has 19 heavy (non-hydrogen) atoms. The first-order valence-corrected chi connectivity index (χ1v) is 6.94. The van der Waals surface area contributed by atoms with Gasteiger partial charge in [0.05, 0.1) is 16.8 Å². The van der Waals surface area contributed by atoms with Crippen molar-refractivity contribution in [1.29, 1.82) is 0 Å². The molecule has 1 heterocycles. The number of carboxylic acid groups (broad SMARTS) is 1. The smallest absolute Gasteiger partial charge is 0.319 e. The lowest BCUT2D eigenvalue weighted by Gasteiger charge is -2.25. The number of carbonyl (C=O) groups excluding carboxylic acids is 1. The van der Waals surface area contributed by atoms with Crippen molar-refractivity contribution in [2.75, 3.05) is 20.6 Å². The third-order valence-electron chi connectivity index (χ3n) is 2.64. The average molecular weight is 305 g/mol. The summed E-state index contributed by atoms with van der Waals surface area (Å²) >= 11 is 7.25. The summed E-state index contributed by atoms with van der Waals surface area (Å²) in [6, 6.07) is 3.45. The highest BCUT2D eigenvalue weighted by Gasteiger charge is 2.20. The van der Waals surface area contributed by atoms with Crippen LogP contribution in [0, 0.1) is 5.92 Å². The Morgan fingerprint density at radius 2 is 2.00 bits per heavy atom. The van der Waals surface area contributed by atoms with E-state index in [1.54, 1.807) is 27.1 Å². The van der Waals surface area contributed by atoms with Gasteiger partial charge in [0.15, 0.2) is 0 Å². The van der Waals surface area contributed by atoms with Crippen molar-refractivity contribution in [3.63, 3.8) is 0 Å². The van der Waals surface area contributed by atoms with Gasteiger partial charge in [-0.2, -0.15) is 0 Å². The Morgan fingerprint density at radius 1 is 1.37 bits per heavy atom. The van der Waals surface area contributed by atoms with Crippen molar-refractivity contribution in [1.82, 2.24) is 9.80 Å². The normalized spacial score (nSPS) is 12.0. The number of aliphatic carboxylic acids is 1. The van der Waals surface area contributed by atoms with Crippen LogP contribution in [0.15, 0.2) is 12.1 Å². The predicted molar refractivity (Wildman–Crippen MR) is 75.6 cm³/mol. The molecule has 1 N–H and O–H groups in total. The number of amides is 2. The van der Waals surface area contributed by atoms with Crippen LogP contribution >= 0.6 is 22.9 Å². The van der Waals surface area contributed by atoms with Gasteiger partial charge in [0.1, 0.15) is 0 Å². The molecule has 0 saturated heterocycles. The van der Waals surface area contributed by atoms with Gasteiger partial charge in [0.2, 0.25) is 0 Å². The van der Waals surface area contributed by atoms with Crippen molar-refractivity contribution in [3.05, 3.63) is 21.3 Å². The zero-order valence-corrected chi connectivity index (χ0v) is 12.7. The summed E-state index contributed by atoms with van der Waals surface area (Å²) in [4.78, 5) is 26.7. The lowest BCUT2D eigenvalue weighted by Crippen LogP contribution is -2.41. The number of nitrogens with zero attached hydrogens (tertiary/aromatic N) is 2. The van der Waals surface area contributed by atoms with Gasteiger partial charge in [0, 0.05) is 25.5 Å². The van der Waals surface area contributed by atoms with Gasteiger partial charge >= 0.3 is 12.0 Å². The molecule has 1 aromatic heterocycles.